The van der Waals surface area contributed by atoms with Gasteiger partial charge in [-0.05, 0) is 24.5 Å². The van der Waals surface area contributed by atoms with Crippen molar-refractivity contribution in [2.75, 3.05) is 33.8 Å². The van der Waals surface area contributed by atoms with E-state index in [-0.39, 0.29) is 35.8 Å². The summed E-state index contributed by atoms with van der Waals surface area (Å²) in [7, 11) is 3.35. The second kappa shape index (κ2) is 11.7. The zero-order valence-corrected chi connectivity index (χ0v) is 17.6. The lowest BCUT2D eigenvalue weighted by atomic mass is 10.1. The molecule has 2 N–H and O–H groups in total. The van der Waals surface area contributed by atoms with Crippen molar-refractivity contribution in [3.8, 4) is 5.75 Å². The first-order valence-electron chi connectivity index (χ1n) is 8.55. The van der Waals surface area contributed by atoms with Gasteiger partial charge in [-0.3, -0.25) is 19.5 Å². The maximum absolute atomic E-state index is 11.8. The zero-order chi connectivity index (χ0) is 18.1. The summed E-state index contributed by atoms with van der Waals surface area (Å²) < 4.78 is 5.34. The van der Waals surface area contributed by atoms with Gasteiger partial charge in [-0.1, -0.05) is 18.2 Å². The summed E-state index contributed by atoms with van der Waals surface area (Å²) in [4.78, 5) is 29.0. The number of likely N-dealkylation sites (tertiary alicyclic amines) is 1. The van der Waals surface area contributed by atoms with E-state index in [2.05, 4.69) is 15.6 Å². The summed E-state index contributed by atoms with van der Waals surface area (Å²) in [6.07, 6.45) is 2.37. The molecule has 0 aliphatic carbocycles. The summed E-state index contributed by atoms with van der Waals surface area (Å²) >= 11 is 0. The van der Waals surface area contributed by atoms with Gasteiger partial charge in [0.05, 0.1) is 7.11 Å². The molecule has 1 aromatic rings. The number of aliphatic imine (C=N–C) groups is 1. The van der Waals surface area contributed by atoms with Crippen LogP contribution in [0.15, 0.2) is 29.3 Å². The van der Waals surface area contributed by atoms with E-state index in [1.54, 1.807) is 14.2 Å². The van der Waals surface area contributed by atoms with E-state index in [1.165, 1.54) is 4.90 Å². The predicted octanol–water partition coefficient (Wildman–Crippen LogP) is 1.56. The van der Waals surface area contributed by atoms with Crippen LogP contribution in [0.25, 0.3) is 0 Å². The number of carbonyl (C=O) groups is 2. The van der Waals surface area contributed by atoms with Crippen molar-refractivity contribution in [1.82, 2.24) is 15.5 Å². The molecule has 0 bridgehead atoms. The van der Waals surface area contributed by atoms with Gasteiger partial charge >= 0.3 is 0 Å². The number of hydrogen-bond acceptors (Lipinski definition) is 4. The molecule has 0 radical (unpaired) electrons. The highest BCUT2D eigenvalue weighted by molar-refractivity contribution is 14.0. The van der Waals surface area contributed by atoms with Crippen LogP contribution in [-0.4, -0.2) is 56.5 Å². The number of hydrogen-bond donors (Lipinski definition) is 2. The van der Waals surface area contributed by atoms with Gasteiger partial charge in [0, 0.05) is 39.5 Å². The predicted molar refractivity (Wildman–Crippen MR) is 112 cm³/mol. The van der Waals surface area contributed by atoms with E-state index in [0.29, 0.717) is 44.9 Å². The maximum atomic E-state index is 11.8. The van der Waals surface area contributed by atoms with Crippen LogP contribution in [0.2, 0.25) is 0 Å². The van der Waals surface area contributed by atoms with Gasteiger partial charge in [0.1, 0.15) is 5.75 Å². The van der Waals surface area contributed by atoms with Gasteiger partial charge < -0.3 is 15.4 Å². The topological polar surface area (TPSA) is 83.0 Å². The quantitative estimate of drug-likeness (QED) is 0.271. The number of rotatable bonds is 7. The van der Waals surface area contributed by atoms with E-state index in [1.807, 2.05) is 24.3 Å². The number of nitrogens with zero attached hydrogens (tertiary/aromatic N) is 2. The van der Waals surface area contributed by atoms with Crippen LogP contribution >= 0.6 is 24.0 Å². The summed E-state index contributed by atoms with van der Waals surface area (Å²) in [6.45, 7) is 1.54. The molecule has 1 heterocycles. The molecule has 1 aliphatic heterocycles. The number of amides is 2. The van der Waals surface area contributed by atoms with Gasteiger partial charge in [0.25, 0.3) is 0 Å². The van der Waals surface area contributed by atoms with E-state index in [4.69, 9.17) is 4.74 Å². The summed E-state index contributed by atoms with van der Waals surface area (Å²) in [5.74, 6) is 1.34. The number of guanidine groups is 1. The average molecular weight is 474 g/mol. The minimum atomic E-state index is -0.0860. The second-order valence-corrected chi connectivity index (χ2v) is 5.78. The number of nitrogens with one attached hydrogen (secondary N) is 2. The maximum Gasteiger partial charge on any atom is 0.229 e. The third kappa shape index (κ3) is 6.47. The molecule has 2 rings (SSSR count). The molecule has 1 aromatic carbocycles. The SMILES string of the molecule is CN=C(NCCc1ccccc1OC)NCCN1C(=O)CCCC1=O.I. The molecule has 0 unspecified atom stereocenters. The number of benzene rings is 1. The Morgan fingerprint density at radius 1 is 1.15 bits per heavy atom. The number of halogens is 1. The molecule has 0 spiro atoms. The Hall–Kier alpha value is -1.84. The Balaban J connectivity index is 0.00000338. The number of methoxy groups -OCH3 is 1. The van der Waals surface area contributed by atoms with Gasteiger partial charge in [0.15, 0.2) is 5.96 Å². The normalized spacial score (nSPS) is 14.7. The molecule has 1 fully saturated rings. The van der Waals surface area contributed by atoms with E-state index < -0.39 is 0 Å². The highest BCUT2D eigenvalue weighted by atomic mass is 127. The van der Waals surface area contributed by atoms with Gasteiger partial charge in [-0.25, -0.2) is 0 Å². The molecule has 0 aromatic heterocycles. The Bertz CT molecular complexity index is 621. The van der Waals surface area contributed by atoms with Crippen molar-refractivity contribution < 1.29 is 14.3 Å². The van der Waals surface area contributed by atoms with Crippen LogP contribution in [0.5, 0.6) is 5.75 Å². The van der Waals surface area contributed by atoms with E-state index >= 15 is 0 Å². The molecule has 7 nitrogen and oxygen atoms in total. The van der Waals surface area contributed by atoms with Crippen LogP contribution in [0.3, 0.4) is 0 Å². The Morgan fingerprint density at radius 3 is 2.46 bits per heavy atom. The van der Waals surface area contributed by atoms with Crippen molar-refractivity contribution in [2.24, 2.45) is 4.99 Å². The third-order valence-corrected chi connectivity index (χ3v) is 4.11. The largest absolute Gasteiger partial charge is 0.496 e. The number of imide groups is 1. The highest BCUT2D eigenvalue weighted by Crippen LogP contribution is 2.17. The Morgan fingerprint density at radius 2 is 1.81 bits per heavy atom. The molecule has 2 amide bonds. The minimum Gasteiger partial charge on any atom is -0.496 e. The van der Waals surface area contributed by atoms with Crippen molar-refractivity contribution in [3.05, 3.63) is 29.8 Å². The zero-order valence-electron chi connectivity index (χ0n) is 15.3. The minimum absolute atomic E-state index is 0. The molecule has 0 saturated carbocycles. The molecule has 0 atom stereocenters. The number of piperidine rings is 1. The van der Waals surface area contributed by atoms with Crippen molar-refractivity contribution >= 4 is 41.8 Å². The van der Waals surface area contributed by atoms with Gasteiger partial charge in [0.2, 0.25) is 11.8 Å². The summed E-state index contributed by atoms with van der Waals surface area (Å²) in [6, 6.07) is 7.90. The fourth-order valence-corrected chi connectivity index (χ4v) is 2.78. The number of carbonyl (C=O) groups excluding carboxylic acids is 2. The first-order chi connectivity index (χ1) is 12.2. The number of para-hydroxylation sites is 1. The standard InChI is InChI=1S/C18H26N4O3.HI/c1-19-18(20-11-10-14-6-3-4-7-15(14)25-2)21-12-13-22-16(23)8-5-9-17(22)24;/h3-4,6-7H,5,8-13H2,1-2H3,(H2,19,20,21);1H. The summed E-state index contributed by atoms with van der Waals surface area (Å²) in [5.41, 5.74) is 1.12. The smallest absolute Gasteiger partial charge is 0.229 e. The lowest BCUT2D eigenvalue weighted by molar-refractivity contribution is -0.147. The molecular formula is C18H27IN4O3. The average Bonchev–Trinajstić information content (AvgIpc) is 2.63. The van der Waals surface area contributed by atoms with Crippen LogP contribution in [0.1, 0.15) is 24.8 Å². The third-order valence-electron chi connectivity index (χ3n) is 4.11. The lowest BCUT2D eigenvalue weighted by Gasteiger charge is -2.25. The van der Waals surface area contributed by atoms with Gasteiger partial charge in [-0.2, -0.15) is 0 Å². The van der Waals surface area contributed by atoms with E-state index in [9.17, 15) is 9.59 Å². The molecule has 1 aliphatic rings. The Kier molecular flexibility index (Phi) is 10.0. The number of ether oxygens (including phenoxy) is 1. The van der Waals surface area contributed by atoms with Gasteiger partial charge in [-0.15, -0.1) is 24.0 Å². The Labute approximate surface area is 171 Å². The van der Waals surface area contributed by atoms with E-state index in [0.717, 1.165) is 17.7 Å². The molecule has 1 saturated heterocycles. The summed E-state index contributed by atoms with van der Waals surface area (Å²) in [5, 5.41) is 6.36. The lowest BCUT2D eigenvalue weighted by Crippen LogP contribution is -2.46. The van der Waals surface area contributed by atoms with Crippen molar-refractivity contribution in [2.45, 2.75) is 25.7 Å². The molecule has 144 valence electrons. The monoisotopic (exact) mass is 474 g/mol. The highest BCUT2D eigenvalue weighted by Gasteiger charge is 2.25. The van der Waals surface area contributed by atoms with Crippen molar-refractivity contribution in [1.29, 1.82) is 0 Å². The van der Waals surface area contributed by atoms with Crippen LogP contribution < -0.4 is 15.4 Å². The fraction of sp³-hybridized carbons (Fsp3) is 0.500. The molecule has 26 heavy (non-hydrogen) atoms. The first-order valence-corrected chi connectivity index (χ1v) is 8.55. The molecule has 8 heteroatoms. The van der Waals surface area contributed by atoms with Crippen molar-refractivity contribution in [3.63, 3.8) is 0 Å². The first kappa shape index (κ1) is 22.2. The fourth-order valence-electron chi connectivity index (χ4n) is 2.78. The van der Waals surface area contributed by atoms with Crippen LogP contribution in [-0.2, 0) is 16.0 Å². The molecular weight excluding hydrogens is 447 g/mol. The second-order valence-electron chi connectivity index (χ2n) is 5.78. The van der Waals surface area contributed by atoms with Crippen LogP contribution in [0, 0.1) is 0 Å². The van der Waals surface area contributed by atoms with Crippen LogP contribution in [0.4, 0.5) is 0 Å².